The second-order valence-electron chi connectivity index (χ2n) is 9.62. The van der Waals surface area contributed by atoms with Crippen molar-refractivity contribution < 1.29 is 38.2 Å². The molecule has 38 heavy (non-hydrogen) atoms. The number of aliphatic imine (C=N–C) groups is 1. The third kappa shape index (κ3) is 4.42. The van der Waals surface area contributed by atoms with Crippen molar-refractivity contribution in [3.8, 4) is 6.07 Å². The monoisotopic (exact) mass is 527 g/mol. The molecule has 0 aromatic carbocycles. The van der Waals surface area contributed by atoms with Crippen LogP contribution in [0, 0.1) is 11.3 Å². The fourth-order valence-electron chi connectivity index (χ4n) is 4.55. The first-order valence-electron chi connectivity index (χ1n) is 11.7. The molecule has 5 heterocycles. The van der Waals surface area contributed by atoms with Gasteiger partial charge < -0.3 is 23.8 Å². The molecule has 3 aliphatic heterocycles. The van der Waals surface area contributed by atoms with Crippen LogP contribution in [-0.4, -0.2) is 93.2 Å². The SMILES string of the molecule is CN(C)C=Nc1ncnn2c([C@@H]3O[C@](C#N)(COC(=O)ON4C(=O)CCC4=O)[C@H]4OC(C)(C)O[C@@H]34)ccc12. The summed E-state index contributed by atoms with van der Waals surface area (Å²) in [7, 11) is 3.66. The number of carbonyl (C=O) groups is 3. The lowest BCUT2D eigenvalue weighted by Crippen LogP contribution is -2.47. The number of carbonyl (C=O) groups excluding carboxylic acids is 3. The molecule has 0 aliphatic carbocycles. The topological polar surface area (TPSA) is 170 Å². The van der Waals surface area contributed by atoms with Gasteiger partial charge in [-0.1, -0.05) is 5.06 Å². The molecule has 0 bridgehead atoms. The summed E-state index contributed by atoms with van der Waals surface area (Å²) in [5, 5.41) is 14.9. The van der Waals surface area contributed by atoms with Crippen molar-refractivity contribution in [2.24, 2.45) is 4.99 Å². The molecule has 3 saturated heterocycles. The standard InChI is InChI=1S/C23H25N7O8/c1-22(2)35-18-17(13-5-6-14-20(26-12-28(3)4)25-11-27-29(13)14)36-23(9-24,19(18)37-22)10-34-21(33)38-30-15(31)7-8-16(30)32/h5-6,11-12,17-19H,7-8,10H2,1-4H3/t17-,18-,19-,23+/m0/s1. The largest absolute Gasteiger partial charge is 0.534 e. The predicted octanol–water partition coefficient (Wildman–Crippen LogP) is 1.02. The van der Waals surface area contributed by atoms with Gasteiger partial charge in [0.1, 0.15) is 42.8 Å². The summed E-state index contributed by atoms with van der Waals surface area (Å²) in [5.41, 5.74) is -0.675. The summed E-state index contributed by atoms with van der Waals surface area (Å²) >= 11 is 0. The average Bonchev–Trinajstić information content (AvgIpc) is 3.60. The van der Waals surface area contributed by atoms with E-state index in [1.807, 2.05) is 14.1 Å². The Morgan fingerprint density at radius 1 is 1.26 bits per heavy atom. The van der Waals surface area contributed by atoms with Gasteiger partial charge in [0.2, 0.25) is 5.60 Å². The fourth-order valence-corrected chi connectivity index (χ4v) is 4.55. The summed E-state index contributed by atoms with van der Waals surface area (Å²) in [6, 6.07) is 5.58. The first kappa shape index (κ1) is 25.5. The number of hydrogen-bond acceptors (Lipinski definition) is 12. The van der Waals surface area contributed by atoms with Crippen molar-refractivity contribution in [1.82, 2.24) is 24.6 Å². The van der Waals surface area contributed by atoms with Gasteiger partial charge in [-0.15, -0.1) is 0 Å². The van der Waals surface area contributed by atoms with Gasteiger partial charge in [0.25, 0.3) is 11.8 Å². The van der Waals surface area contributed by atoms with Crippen LogP contribution in [0.2, 0.25) is 0 Å². The molecule has 4 atom stereocenters. The zero-order valence-corrected chi connectivity index (χ0v) is 21.1. The van der Waals surface area contributed by atoms with Crippen molar-refractivity contribution in [1.29, 1.82) is 5.26 Å². The smallest absolute Gasteiger partial charge is 0.428 e. The lowest BCUT2D eigenvalue weighted by Gasteiger charge is -2.28. The van der Waals surface area contributed by atoms with Crippen molar-refractivity contribution in [2.45, 2.75) is 56.4 Å². The second kappa shape index (κ2) is 9.31. The minimum Gasteiger partial charge on any atom is -0.428 e. The highest BCUT2D eigenvalue weighted by atomic mass is 16.8. The molecule has 0 radical (unpaired) electrons. The number of nitrogens with zero attached hydrogens (tertiary/aromatic N) is 7. The molecule has 2 aromatic heterocycles. The van der Waals surface area contributed by atoms with Gasteiger partial charge in [0.05, 0.1) is 12.0 Å². The van der Waals surface area contributed by atoms with Crippen LogP contribution in [0.4, 0.5) is 10.6 Å². The third-order valence-corrected chi connectivity index (χ3v) is 6.15. The number of hydroxylamine groups is 2. The van der Waals surface area contributed by atoms with E-state index < -0.39 is 54.3 Å². The first-order valence-corrected chi connectivity index (χ1v) is 11.7. The van der Waals surface area contributed by atoms with Gasteiger partial charge in [-0.05, 0) is 26.0 Å². The maximum atomic E-state index is 12.3. The zero-order chi connectivity index (χ0) is 27.2. The molecule has 2 aromatic rings. The van der Waals surface area contributed by atoms with Crippen molar-refractivity contribution in [3.63, 3.8) is 0 Å². The molecule has 0 N–H and O–H groups in total. The van der Waals surface area contributed by atoms with Crippen molar-refractivity contribution in [2.75, 3.05) is 20.7 Å². The number of imide groups is 1. The molecule has 2 amide bonds. The minimum atomic E-state index is -1.80. The lowest BCUT2D eigenvalue weighted by atomic mass is 9.96. The molecule has 5 rings (SSSR count). The van der Waals surface area contributed by atoms with Crippen LogP contribution >= 0.6 is 0 Å². The Hall–Kier alpha value is -4.13. The van der Waals surface area contributed by atoms with Crippen molar-refractivity contribution >= 4 is 35.6 Å². The van der Waals surface area contributed by atoms with Crippen LogP contribution in [0.5, 0.6) is 0 Å². The molecule has 200 valence electrons. The van der Waals surface area contributed by atoms with E-state index in [1.165, 1.54) is 6.33 Å². The predicted molar refractivity (Wildman–Crippen MR) is 124 cm³/mol. The summed E-state index contributed by atoms with van der Waals surface area (Å²) in [4.78, 5) is 50.9. The van der Waals surface area contributed by atoms with Crippen LogP contribution in [0.15, 0.2) is 23.5 Å². The maximum absolute atomic E-state index is 12.3. The summed E-state index contributed by atoms with van der Waals surface area (Å²) < 4.78 is 25.0. The molecule has 3 aliphatic rings. The Bertz CT molecular complexity index is 1350. The zero-order valence-electron chi connectivity index (χ0n) is 21.1. The number of amides is 2. The van der Waals surface area contributed by atoms with Crippen LogP contribution in [0.3, 0.4) is 0 Å². The molecule has 15 nitrogen and oxygen atoms in total. The Balaban J connectivity index is 1.42. The minimum absolute atomic E-state index is 0.0694. The summed E-state index contributed by atoms with van der Waals surface area (Å²) in [6.07, 6.45) is -1.12. The first-order chi connectivity index (χ1) is 18.0. The third-order valence-electron chi connectivity index (χ3n) is 6.15. The van der Waals surface area contributed by atoms with Gasteiger partial charge in [0, 0.05) is 26.9 Å². The number of aromatic nitrogens is 3. The fraction of sp³-hybridized carbons (Fsp3) is 0.522. The highest BCUT2D eigenvalue weighted by molar-refractivity contribution is 6.01. The van der Waals surface area contributed by atoms with E-state index in [0.717, 1.165) is 0 Å². The molecular weight excluding hydrogens is 502 g/mol. The number of fused-ring (bicyclic) bond motifs is 2. The molecule has 0 saturated carbocycles. The van der Waals surface area contributed by atoms with E-state index in [9.17, 15) is 19.6 Å². The molecular formula is C23H25N7O8. The van der Waals surface area contributed by atoms with Crippen LogP contribution < -0.4 is 0 Å². The van der Waals surface area contributed by atoms with Crippen LogP contribution in [-0.2, 0) is 33.4 Å². The highest BCUT2D eigenvalue weighted by Crippen LogP contribution is 2.50. The average molecular weight is 527 g/mol. The molecule has 15 heteroatoms. The van der Waals surface area contributed by atoms with E-state index in [-0.39, 0.29) is 12.8 Å². The maximum Gasteiger partial charge on any atom is 0.534 e. The molecule has 0 unspecified atom stereocenters. The Morgan fingerprint density at radius 2 is 2.00 bits per heavy atom. The Kier molecular flexibility index (Phi) is 6.25. The van der Waals surface area contributed by atoms with E-state index >= 15 is 0 Å². The lowest BCUT2D eigenvalue weighted by molar-refractivity contribution is -0.208. The second-order valence-corrected chi connectivity index (χ2v) is 9.62. The van der Waals surface area contributed by atoms with Gasteiger partial charge in [-0.3, -0.25) is 14.4 Å². The van der Waals surface area contributed by atoms with E-state index in [2.05, 4.69) is 21.1 Å². The van der Waals surface area contributed by atoms with Gasteiger partial charge in [0.15, 0.2) is 11.6 Å². The number of rotatable bonds is 6. The Morgan fingerprint density at radius 3 is 2.68 bits per heavy atom. The number of nitriles is 1. The number of hydrogen-bond donors (Lipinski definition) is 0. The van der Waals surface area contributed by atoms with Gasteiger partial charge in [-0.2, -0.15) is 10.4 Å². The van der Waals surface area contributed by atoms with Gasteiger partial charge in [-0.25, -0.2) is 19.3 Å². The van der Waals surface area contributed by atoms with Crippen LogP contribution in [0.25, 0.3) is 5.52 Å². The van der Waals surface area contributed by atoms with Gasteiger partial charge >= 0.3 is 6.16 Å². The molecule has 3 fully saturated rings. The Labute approximate surface area is 216 Å². The number of ether oxygens (including phenoxy) is 4. The van der Waals surface area contributed by atoms with Crippen LogP contribution in [0.1, 0.15) is 38.5 Å². The highest BCUT2D eigenvalue weighted by Gasteiger charge is 2.65. The van der Waals surface area contributed by atoms with E-state index in [0.29, 0.717) is 22.1 Å². The van der Waals surface area contributed by atoms with E-state index in [1.54, 1.807) is 41.7 Å². The quantitative estimate of drug-likeness (QED) is 0.226. The molecule has 0 spiro atoms. The van der Waals surface area contributed by atoms with E-state index in [4.69, 9.17) is 23.8 Å². The summed E-state index contributed by atoms with van der Waals surface area (Å²) in [5.74, 6) is -1.98. The normalized spacial score (nSPS) is 28.2. The van der Waals surface area contributed by atoms with Crippen molar-refractivity contribution in [3.05, 3.63) is 24.2 Å². The summed E-state index contributed by atoms with van der Waals surface area (Å²) in [6.45, 7) is 2.76.